The first kappa shape index (κ1) is 23.2. The average Bonchev–Trinajstić information content (AvgIpc) is 3.57. The Hall–Kier alpha value is -4.59. The van der Waals surface area contributed by atoms with E-state index in [1.807, 2.05) is 66.9 Å². The van der Waals surface area contributed by atoms with Gasteiger partial charge in [0.25, 0.3) is 0 Å². The van der Waals surface area contributed by atoms with Crippen LogP contribution in [0, 0.1) is 5.82 Å². The van der Waals surface area contributed by atoms with Crippen molar-refractivity contribution in [3.63, 3.8) is 0 Å². The van der Waals surface area contributed by atoms with Crippen molar-refractivity contribution in [3.8, 4) is 28.3 Å². The molecular formula is C28H24FN5O2. The maximum atomic E-state index is 13.5. The highest BCUT2D eigenvalue weighted by Gasteiger charge is 2.14. The van der Waals surface area contributed by atoms with Crippen LogP contribution in [0.25, 0.3) is 28.3 Å². The van der Waals surface area contributed by atoms with Gasteiger partial charge in [0.15, 0.2) is 0 Å². The monoisotopic (exact) mass is 481 g/mol. The molecule has 0 atom stereocenters. The number of aryl methyl sites for hydroxylation is 1. The van der Waals surface area contributed by atoms with Gasteiger partial charge in [0, 0.05) is 42.3 Å². The van der Waals surface area contributed by atoms with Crippen LogP contribution in [0.4, 0.5) is 4.39 Å². The molecule has 0 saturated carbocycles. The number of hydrogen-bond donors (Lipinski definition) is 1. The number of hydrogen-bond acceptors (Lipinski definition) is 5. The molecule has 0 aliphatic rings. The van der Waals surface area contributed by atoms with Crippen LogP contribution >= 0.6 is 0 Å². The van der Waals surface area contributed by atoms with Crippen LogP contribution in [0.2, 0.25) is 0 Å². The summed E-state index contributed by atoms with van der Waals surface area (Å²) in [6, 6.07) is 25.5. The Bertz CT molecular complexity index is 1430. The van der Waals surface area contributed by atoms with Gasteiger partial charge in [0.2, 0.25) is 17.6 Å². The first-order valence-electron chi connectivity index (χ1n) is 11.7. The summed E-state index contributed by atoms with van der Waals surface area (Å²) in [6.45, 7) is 0.303. The minimum atomic E-state index is -0.312. The zero-order chi connectivity index (χ0) is 24.7. The minimum Gasteiger partial charge on any atom is -0.352 e. The predicted octanol–water partition coefficient (Wildman–Crippen LogP) is 5.37. The number of aromatic nitrogens is 4. The molecule has 36 heavy (non-hydrogen) atoms. The van der Waals surface area contributed by atoms with Crippen LogP contribution in [-0.4, -0.2) is 25.8 Å². The molecule has 2 aromatic heterocycles. The lowest BCUT2D eigenvalue weighted by atomic mass is 10.1. The number of benzene rings is 3. The Morgan fingerprint density at radius 3 is 2.39 bits per heavy atom. The van der Waals surface area contributed by atoms with Crippen molar-refractivity contribution in [2.45, 2.75) is 25.8 Å². The van der Waals surface area contributed by atoms with E-state index in [1.54, 1.807) is 16.8 Å². The van der Waals surface area contributed by atoms with E-state index in [2.05, 4.69) is 15.5 Å². The SMILES string of the molecule is O=C(CCCc1nc(-c2ccccc2)no1)NCc1cn(-c2ccccc2)nc1-c1ccc(F)cc1. The molecule has 8 heteroatoms. The maximum absolute atomic E-state index is 13.5. The van der Waals surface area contributed by atoms with Crippen molar-refractivity contribution < 1.29 is 13.7 Å². The summed E-state index contributed by atoms with van der Waals surface area (Å²) < 4.78 is 20.5. The number of halogens is 1. The van der Waals surface area contributed by atoms with Gasteiger partial charge in [-0.2, -0.15) is 10.1 Å². The molecule has 0 saturated heterocycles. The molecule has 0 aliphatic heterocycles. The Balaban J connectivity index is 1.21. The average molecular weight is 482 g/mol. The van der Waals surface area contributed by atoms with Crippen molar-refractivity contribution in [2.75, 3.05) is 0 Å². The molecule has 3 aromatic carbocycles. The second-order valence-electron chi connectivity index (χ2n) is 8.30. The molecule has 2 heterocycles. The fraction of sp³-hybridized carbons (Fsp3) is 0.143. The normalized spacial score (nSPS) is 10.9. The first-order valence-corrected chi connectivity index (χ1v) is 11.7. The van der Waals surface area contributed by atoms with Crippen molar-refractivity contribution >= 4 is 5.91 Å². The molecule has 0 spiro atoms. The highest BCUT2D eigenvalue weighted by Crippen LogP contribution is 2.24. The van der Waals surface area contributed by atoms with Gasteiger partial charge in [0.1, 0.15) is 5.82 Å². The molecule has 0 radical (unpaired) electrons. The quantitative estimate of drug-likeness (QED) is 0.306. The summed E-state index contributed by atoms with van der Waals surface area (Å²) >= 11 is 0. The van der Waals surface area contributed by atoms with Gasteiger partial charge < -0.3 is 9.84 Å². The van der Waals surface area contributed by atoms with Gasteiger partial charge in [-0.25, -0.2) is 9.07 Å². The highest BCUT2D eigenvalue weighted by molar-refractivity contribution is 5.76. The van der Waals surface area contributed by atoms with Crippen molar-refractivity contribution in [1.82, 2.24) is 25.2 Å². The molecule has 0 unspecified atom stereocenters. The van der Waals surface area contributed by atoms with Gasteiger partial charge in [-0.1, -0.05) is 53.7 Å². The smallest absolute Gasteiger partial charge is 0.226 e. The molecule has 180 valence electrons. The van der Waals surface area contributed by atoms with E-state index < -0.39 is 0 Å². The summed E-state index contributed by atoms with van der Waals surface area (Å²) in [5, 5.41) is 11.7. The van der Waals surface area contributed by atoms with Gasteiger partial charge in [-0.3, -0.25) is 4.79 Å². The molecule has 0 bridgehead atoms. The number of rotatable bonds is 9. The predicted molar refractivity (Wildman–Crippen MR) is 133 cm³/mol. The van der Waals surface area contributed by atoms with E-state index >= 15 is 0 Å². The number of carbonyl (C=O) groups is 1. The van der Waals surface area contributed by atoms with E-state index in [9.17, 15) is 9.18 Å². The second kappa shape index (κ2) is 10.8. The molecule has 0 aliphatic carbocycles. The second-order valence-corrected chi connectivity index (χ2v) is 8.30. The Labute approximate surface area is 207 Å². The molecule has 1 amide bonds. The highest BCUT2D eigenvalue weighted by atomic mass is 19.1. The zero-order valence-electron chi connectivity index (χ0n) is 19.5. The fourth-order valence-corrected chi connectivity index (χ4v) is 3.85. The van der Waals surface area contributed by atoms with Crippen LogP contribution in [0.3, 0.4) is 0 Å². The van der Waals surface area contributed by atoms with E-state index in [4.69, 9.17) is 9.62 Å². The van der Waals surface area contributed by atoms with E-state index in [0.717, 1.165) is 22.4 Å². The topological polar surface area (TPSA) is 85.8 Å². The van der Waals surface area contributed by atoms with Crippen LogP contribution in [0.5, 0.6) is 0 Å². The summed E-state index contributed by atoms with van der Waals surface area (Å²) in [7, 11) is 0. The van der Waals surface area contributed by atoms with Gasteiger partial charge in [-0.15, -0.1) is 0 Å². The number of nitrogens with zero attached hydrogens (tertiary/aromatic N) is 4. The Kier molecular flexibility index (Phi) is 6.93. The standard InChI is InChI=1S/C28H24FN5O2/c29-23-16-14-20(15-17-23)27-22(19-34(32-27)24-10-5-2-6-11-24)18-30-25(35)12-7-13-26-31-28(33-36-26)21-8-3-1-4-9-21/h1-6,8-11,14-17,19H,7,12-13,18H2,(H,30,35). The third-order valence-corrected chi connectivity index (χ3v) is 5.70. The fourth-order valence-electron chi connectivity index (χ4n) is 3.85. The number of nitrogens with one attached hydrogen (secondary N) is 1. The van der Waals surface area contributed by atoms with Crippen LogP contribution in [-0.2, 0) is 17.8 Å². The number of para-hydroxylation sites is 1. The van der Waals surface area contributed by atoms with E-state index in [0.29, 0.717) is 43.2 Å². The minimum absolute atomic E-state index is 0.0877. The summed E-state index contributed by atoms with van der Waals surface area (Å²) in [5.74, 6) is 0.645. The summed E-state index contributed by atoms with van der Waals surface area (Å²) in [6.07, 6.45) is 3.30. The maximum Gasteiger partial charge on any atom is 0.226 e. The molecule has 7 nitrogen and oxygen atoms in total. The van der Waals surface area contributed by atoms with Crippen LogP contribution < -0.4 is 5.32 Å². The largest absolute Gasteiger partial charge is 0.352 e. The third-order valence-electron chi connectivity index (χ3n) is 5.70. The Morgan fingerprint density at radius 2 is 1.64 bits per heavy atom. The van der Waals surface area contributed by atoms with Gasteiger partial charge in [0.05, 0.1) is 11.4 Å². The van der Waals surface area contributed by atoms with Crippen LogP contribution in [0.15, 0.2) is 95.6 Å². The third kappa shape index (κ3) is 5.55. The molecule has 5 rings (SSSR count). The lowest BCUT2D eigenvalue weighted by Gasteiger charge is -2.05. The molecule has 1 N–H and O–H groups in total. The van der Waals surface area contributed by atoms with Crippen molar-refractivity contribution in [2.24, 2.45) is 0 Å². The lowest BCUT2D eigenvalue weighted by Crippen LogP contribution is -2.22. The molecule has 0 fully saturated rings. The van der Waals surface area contributed by atoms with Crippen LogP contribution in [0.1, 0.15) is 24.3 Å². The Morgan fingerprint density at radius 1 is 0.917 bits per heavy atom. The van der Waals surface area contributed by atoms with Crippen molar-refractivity contribution in [3.05, 3.63) is 108 Å². The summed E-state index contributed by atoms with van der Waals surface area (Å²) in [5.41, 5.74) is 4.09. The first-order chi connectivity index (χ1) is 17.7. The number of carbonyl (C=O) groups excluding carboxylic acids is 1. The van der Waals surface area contributed by atoms with E-state index in [-0.39, 0.29) is 11.7 Å². The zero-order valence-corrected chi connectivity index (χ0v) is 19.5. The number of amides is 1. The molecule has 5 aromatic rings. The summed E-state index contributed by atoms with van der Waals surface area (Å²) in [4.78, 5) is 17.0. The van der Waals surface area contributed by atoms with Gasteiger partial charge in [-0.05, 0) is 42.8 Å². The lowest BCUT2D eigenvalue weighted by molar-refractivity contribution is -0.121. The molecular weight excluding hydrogens is 457 g/mol. The van der Waals surface area contributed by atoms with Crippen molar-refractivity contribution in [1.29, 1.82) is 0 Å². The van der Waals surface area contributed by atoms with Gasteiger partial charge >= 0.3 is 0 Å². The van der Waals surface area contributed by atoms with E-state index in [1.165, 1.54) is 12.1 Å².